The number of carboxylic acid groups (broad SMARTS) is 1. The van der Waals surface area contributed by atoms with Crippen LogP contribution in [0.3, 0.4) is 0 Å². The highest BCUT2D eigenvalue weighted by Crippen LogP contribution is 2.60. The highest BCUT2D eigenvalue weighted by molar-refractivity contribution is 8.00. The van der Waals surface area contributed by atoms with Crippen molar-refractivity contribution in [3.63, 3.8) is 0 Å². The first-order valence-electron chi connectivity index (χ1n) is 6.61. The number of carboxylic acids is 1. The van der Waals surface area contributed by atoms with Gasteiger partial charge in [0.05, 0.1) is 0 Å². The van der Waals surface area contributed by atoms with Gasteiger partial charge in [0, 0.05) is 16.1 Å². The van der Waals surface area contributed by atoms with E-state index >= 15 is 0 Å². The van der Waals surface area contributed by atoms with Crippen molar-refractivity contribution in [3.05, 3.63) is 12.2 Å². The molecule has 0 aliphatic heterocycles. The van der Waals surface area contributed by atoms with E-state index in [1.807, 2.05) is 11.8 Å². The van der Waals surface area contributed by atoms with Gasteiger partial charge in [0.1, 0.15) is 0 Å². The second-order valence-electron chi connectivity index (χ2n) is 6.30. The molecule has 3 heteroatoms. The van der Waals surface area contributed by atoms with E-state index in [1.165, 1.54) is 38.5 Å². The Labute approximate surface area is 107 Å². The number of hydrogen-bond donors (Lipinski definition) is 1. The Morgan fingerprint density at radius 1 is 1.18 bits per heavy atom. The Morgan fingerprint density at radius 2 is 1.65 bits per heavy atom. The molecule has 0 heterocycles. The van der Waals surface area contributed by atoms with Gasteiger partial charge in [0.2, 0.25) is 0 Å². The maximum absolute atomic E-state index is 10.8. The predicted molar refractivity (Wildman–Crippen MR) is 70.1 cm³/mol. The zero-order valence-electron chi connectivity index (χ0n) is 10.2. The van der Waals surface area contributed by atoms with Gasteiger partial charge in [-0.05, 0) is 56.3 Å². The lowest BCUT2D eigenvalue weighted by Gasteiger charge is -2.56. The molecule has 0 aromatic rings. The monoisotopic (exact) mass is 252 g/mol. The summed E-state index contributed by atoms with van der Waals surface area (Å²) in [5.41, 5.74) is 0.366. The van der Waals surface area contributed by atoms with E-state index in [0.29, 0.717) is 16.1 Å². The molecule has 4 fully saturated rings. The molecule has 4 aliphatic carbocycles. The van der Waals surface area contributed by atoms with Crippen molar-refractivity contribution in [3.8, 4) is 0 Å². The lowest BCUT2D eigenvalue weighted by Crippen LogP contribution is -2.48. The van der Waals surface area contributed by atoms with E-state index in [9.17, 15) is 4.79 Å². The molecule has 1 N–H and O–H groups in total. The van der Waals surface area contributed by atoms with E-state index in [1.54, 1.807) is 0 Å². The third-order valence-electron chi connectivity index (χ3n) is 4.84. The highest BCUT2D eigenvalue weighted by Gasteiger charge is 2.51. The van der Waals surface area contributed by atoms with Gasteiger partial charge in [-0.2, -0.15) is 11.8 Å². The molecule has 2 nitrogen and oxygen atoms in total. The van der Waals surface area contributed by atoms with Gasteiger partial charge in [-0.15, -0.1) is 0 Å². The van der Waals surface area contributed by atoms with Crippen LogP contribution in [0.5, 0.6) is 0 Å². The van der Waals surface area contributed by atoms with Crippen LogP contribution in [-0.2, 0) is 4.79 Å². The molecule has 0 radical (unpaired) electrons. The number of aliphatic carboxylic acids is 1. The average Bonchev–Trinajstić information content (AvgIpc) is 2.24. The maximum Gasteiger partial charge on any atom is 0.331 e. The van der Waals surface area contributed by atoms with Crippen LogP contribution in [0.15, 0.2) is 12.2 Å². The van der Waals surface area contributed by atoms with Gasteiger partial charge >= 0.3 is 5.97 Å². The van der Waals surface area contributed by atoms with Crippen LogP contribution in [-0.4, -0.2) is 21.6 Å². The van der Waals surface area contributed by atoms with Crippen LogP contribution >= 0.6 is 11.8 Å². The van der Waals surface area contributed by atoms with Crippen molar-refractivity contribution in [1.29, 1.82) is 0 Å². The summed E-state index contributed by atoms with van der Waals surface area (Å²) in [4.78, 5) is 10.8. The summed E-state index contributed by atoms with van der Waals surface area (Å²) in [6.45, 7) is 3.65. The molecule has 4 saturated carbocycles. The first kappa shape index (κ1) is 11.6. The Bertz CT molecular complexity index is 326. The molecule has 0 unspecified atom stereocenters. The van der Waals surface area contributed by atoms with Crippen LogP contribution in [0.1, 0.15) is 38.5 Å². The minimum absolute atomic E-state index is 0.366. The number of hydrogen-bond acceptors (Lipinski definition) is 2. The molecule has 0 aromatic heterocycles. The third-order valence-corrected chi connectivity index (χ3v) is 6.44. The summed E-state index contributed by atoms with van der Waals surface area (Å²) in [6.07, 6.45) is 8.32. The van der Waals surface area contributed by atoms with Crippen molar-refractivity contribution in [2.45, 2.75) is 43.3 Å². The predicted octanol–water partition coefficient (Wildman–Crippen LogP) is 3.33. The average molecular weight is 252 g/mol. The molecular formula is C14H20O2S. The van der Waals surface area contributed by atoms with Crippen molar-refractivity contribution in [2.24, 2.45) is 17.8 Å². The van der Waals surface area contributed by atoms with Gasteiger partial charge in [-0.3, -0.25) is 0 Å². The van der Waals surface area contributed by atoms with Gasteiger partial charge in [-0.25, -0.2) is 4.79 Å². The number of rotatable bonds is 4. The molecule has 94 valence electrons. The van der Waals surface area contributed by atoms with Crippen molar-refractivity contribution in [1.82, 2.24) is 0 Å². The van der Waals surface area contributed by atoms with Crippen molar-refractivity contribution >= 4 is 17.7 Å². The van der Waals surface area contributed by atoms with E-state index in [4.69, 9.17) is 5.11 Å². The summed E-state index contributed by atoms with van der Waals surface area (Å²) >= 11 is 1.89. The van der Waals surface area contributed by atoms with Crippen LogP contribution in [0.2, 0.25) is 0 Å². The quantitative estimate of drug-likeness (QED) is 0.780. The molecule has 0 saturated heterocycles. The fourth-order valence-corrected chi connectivity index (χ4v) is 6.17. The van der Waals surface area contributed by atoms with Crippen molar-refractivity contribution in [2.75, 3.05) is 5.75 Å². The maximum atomic E-state index is 10.8. The highest BCUT2D eigenvalue weighted by atomic mass is 32.2. The van der Waals surface area contributed by atoms with Crippen molar-refractivity contribution < 1.29 is 9.90 Å². The molecule has 0 aromatic carbocycles. The van der Waals surface area contributed by atoms with Crippen LogP contribution in [0.25, 0.3) is 0 Å². The van der Waals surface area contributed by atoms with Gasteiger partial charge in [0.15, 0.2) is 0 Å². The summed E-state index contributed by atoms with van der Waals surface area (Å²) in [5, 5.41) is 8.88. The first-order valence-corrected chi connectivity index (χ1v) is 7.60. The second-order valence-corrected chi connectivity index (χ2v) is 7.74. The van der Waals surface area contributed by atoms with Crippen LogP contribution in [0.4, 0.5) is 0 Å². The SMILES string of the molecule is C=C(CSC12CC3CC(CC(C3)C1)C2)C(=O)O. The second kappa shape index (κ2) is 4.04. The fourth-order valence-electron chi connectivity index (χ4n) is 4.51. The smallest absolute Gasteiger partial charge is 0.331 e. The summed E-state index contributed by atoms with van der Waals surface area (Å²) in [7, 11) is 0. The third kappa shape index (κ3) is 2.14. The number of carbonyl (C=O) groups is 1. The van der Waals surface area contributed by atoms with Crippen LogP contribution < -0.4 is 0 Å². The molecular weight excluding hydrogens is 232 g/mol. The van der Waals surface area contributed by atoms with Gasteiger partial charge in [-0.1, -0.05) is 6.58 Å². The summed E-state index contributed by atoms with van der Waals surface area (Å²) in [6, 6.07) is 0. The topological polar surface area (TPSA) is 37.3 Å². The van der Waals surface area contributed by atoms with Gasteiger partial charge < -0.3 is 5.11 Å². The Hall–Kier alpha value is -0.440. The van der Waals surface area contributed by atoms with Crippen LogP contribution in [0, 0.1) is 17.8 Å². The van der Waals surface area contributed by atoms with E-state index in [2.05, 4.69) is 6.58 Å². The molecule has 0 atom stereocenters. The molecule has 4 aliphatic rings. The zero-order chi connectivity index (χ0) is 12.0. The molecule has 17 heavy (non-hydrogen) atoms. The summed E-state index contributed by atoms with van der Waals surface area (Å²) in [5.74, 6) is 2.59. The minimum Gasteiger partial charge on any atom is -0.478 e. The van der Waals surface area contributed by atoms with Gasteiger partial charge in [0.25, 0.3) is 0 Å². The normalized spacial score (nSPS) is 42.7. The van der Waals surface area contributed by atoms with E-state index < -0.39 is 5.97 Å². The Morgan fingerprint density at radius 3 is 2.06 bits per heavy atom. The lowest BCUT2D eigenvalue weighted by molar-refractivity contribution is -0.132. The zero-order valence-corrected chi connectivity index (χ0v) is 11.0. The minimum atomic E-state index is -0.831. The molecule has 4 bridgehead atoms. The van der Waals surface area contributed by atoms with E-state index in [-0.39, 0.29) is 0 Å². The first-order chi connectivity index (χ1) is 8.06. The Balaban J connectivity index is 1.66. The fraction of sp³-hybridized carbons (Fsp3) is 0.786. The number of thioether (sulfide) groups is 1. The van der Waals surface area contributed by atoms with E-state index in [0.717, 1.165) is 17.8 Å². The molecule has 0 spiro atoms. The summed E-state index contributed by atoms with van der Waals surface area (Å²) < 4.78 is 0.410. The standard InChI is InChI=1S/C14H20O2S/c1-9(13(15)16)8-17-14-5-10-2-11(6-14)4-12(3-10)7-14/h10-12H,1-8H2,(H,15,16). The molecule has 4 rings (SSSR count). The Kier molecular flexibility index (Phi) is 2.77. The largest absolute Gasteiger partial charge is 0.478 e. The molecule has 0 amide bonds. The lowest BCUT2D eigenvalue weighted by atomic mass is 9.56.